The Labute approximate surface area is 176 Å². The molecule has 0 unspecified atom stereocenters. The fourth-order valence-electron chi connectivity index (χ4n) is 3.16. The normalized spacial score (nSPS) is 12.1. The van der Waals surface area contributed by atoms with Crippen molar-refractivity contribution in [1.29, 1.82) is 0 Å². The molecule has 0 spiro atoms. The van der Waals surface area contributed by atoms with Crippen molar-refractivity contribution in [2.75, 3.05) is 11.9 Å². The molecule has 0 saturated carbocycles. The van der Waals surface area contributed by atoms with E-state index in [1.54, 1.807) is 51.4 Å². The number of rotatable bonds is 7. The number of pyridine rings is 1. The number of nitrogens with one attached hydrogen (secondary N) is 1. The van der Waals surface area contributed by atoms with Gasteiger partial charge in [-0.25, -0.2) is 19.9 Å². The van der Waals surface area contributed by atoms with Gasteiger partial charge >= 0.3 is 5.97 Å². The lowest BCUT2D eigenvalue weighted by Crippen LogP contribution is -2.24. The van der Waals surface area contributed by atoms with Gasteiger partial charge in [-0.1, -0.05) is 6.08 Å². The highest BCUT2D eigenvalue weighted by Crippen LogP contribution is 2.24. The second-order valence-electron chi connectivity index (χ2n) is 7.88. The molecule has 1 N–H and O–H groups in total. The molecule has 3 rings (SSSR count). The van der Waals surface area contributed by atoms with Crippen molar-refractivity contribution in [3.63, 3.8) is 0 Å². The number of esters is 1. The van der Waals surface area contributed by atoms with Gasteiger partial charge in [0.15, 0.2) is 5.82 Å². The highest BCUT2D eigenvalue weighted by molar-refractivity contribution is 5.80. The minimum absolute atomic E-state index is 0.287. The summed E-state index contributed by atoms with van der Waals surface area (Å²) in [5.74, 6) is 2.44. The standard InChI is InChI=1S/C22H28N6O2/c1-7-30-21(29)22(5,6)10-8-18-23-11-9-19(26-18)27-20-12-17-16(13-24-20)25-15(4)28(17)14(2)3/h8-14H,7H2,1-6H3,(H,23,24,26,27)/b10-8+. The van der Waals surface area contributed by atoms with Gasteiger partial charge in [-0.3, -0.25) is 4.79 Å². The van der Waals surface area contributed by atoms with Gasteiger partial charge < -0.3 is 14.6 Å². The van der Waals surface area contributed by atoms with Crippen molar-refractivity contribution in [1.82, 2.24) is 24.5 Å². The monoisotopic (exact) mass is 408 g/mol. The average Bonchev–Trinajstić information content (AvgIpc) is 3.02. The number of hydrogen-bond acceptors (Lipinski definition) is 7. The number of nitrogens with zero attached hydrogens (tertiary/aromatic N) is 5. The van der Waals surface area contributed by atoms with Crippen LogP contribution in [0, 0.1) is 12.3 Å². The Kier molecular flexibility index (Phi) is 6.14. The first-order valence-electron chi connectivity index (χ1n) is 10.0. The lowest BCUT2D eigenvalue weighted by molar-refractivity contribution is -0.150. The van der Waals surface area contributed by atoms with Crippen LogP contribution in [0.2, 0.25) is 0 Å². The third-order valence-corrected chi connectivity index (χ3v) is 4.65. The third-order valence-electron chi connectivity index (χ3n) is 4.65. The van der Waals surface area contributed by atoms with E-state index in [-0.39, 0.29) is 5.97 Å². The Morgan fingerprint density at radius 1 is 1.27 bits per heavy atom. The molecule has 0 saturated heterocycles. The molecule has 3 aromatic rings. The lowest BCUT2D eigenvalue weighted by atomic mass is 9.93. The second-order valence-corrected chi connectivity index (χ2v) is 7.88. The maximum atomic E-state index is 12.0. The van der Waals surface area contributed by atoms with Crippen LogP contribution in [0.15, 0.2) is 30.6 Å². The number of imidazole rings is 1. The van der Waals surface area contributed by atoms with Crippen LogP contribution in [0.25, 0.3) is 17.1 Å². The van der Waals surface area contributed by atoms with Gasteiger partial charge in [0.2, 0.25) is 0 Å². The molecule has 0 aliphatic carbocycles. The maximum absolute atomic E-state index is 12.0. The molecule has 0 amide bonds. The van der Waals surface area contributed by atoms with E-state index in [1.165, 1.54) is 0 Å². The Balaban J connectivity index is 1.82. The van der Waals surface area contributed by atoms with Crippen LogP contribution in [-0.2, 0) is 9.53 Å². The summed E-state index contributed by atoms with van der Waals surface area (Å²) in [5, 5.41) is 3.22. The zero-order valence-electron chi connectivity index (χ0n) is 18.3. The number of aryl methyl sites for hydroxylation is 1. The molecular weight excluding hydrogens is 380 g/mol. The van der Waals surface area contributed by atoms with Crippen LogP contribution in [0.3, 0.4) is 0 Å². The Bertz CT molecular complexity index is 1080. The highest BCUT2D eigenvalue weighted by atomic mass is 16.5. The van der Waals surface area contributed by atoms with Crippen LogP contribution in [0.4, 0.5) is 11.6 Å². The molecule has 0 radical (unpaired) electrons. The predicted molar refractivity (Wildman–Crippen MR) is 117 cm³/mol. The summed E-state index contributed by atoms with van der Waals surface area (Å²) in [6, 6.07) is 4.03. The molecule has 3 aromatic heterocycles. The summed E-state index contributed by atoms with van der Waals surface area (Å²) >= 11 is 0. The van der Waals surface area contributed by atoms with Crippen LogP contribution < -0.4 is 5.32 Å². The highest BCUT2D eigenvalue weighted by Gasteiger charge is 2.25. The molecular formula is C22H28N6O2. The molecule has 0 bridgehead atoms. The van der Waals surface area contributed by atoms with Gasteiger partial charge in [0.1, 0.15) is 23.0 Å². The van der Waals surface area contributed by atoms with Gasteiger partial charge in [0.05, 0.1) is 23.7 Å². The van der Waals surface area contributed by atoms with E-state index in [0.29, 0.717) is 30.1 Å². The number of hydrogen-bond donors (Lipinski definition) is 1. The molecule has 158 valence electrons. The summed E-state index contributed by atoms with van der Waals surface area (Å²) in [6.45, 7) is 12.0. The van der Waals surface area contributed by atoms with Crippen LogP contribution >= 0.6 is 0 Å². The zero-order chi connectivity index (χ0) is 21.9. The van der Waals surface area contributed by atoms with Gasteiger partial charge in [0, 0.05) is 18.3 Å². The van der Waals surface area contributed by atoms with Gasteiger partial charge in [-0.2, -0.15) is 0 Å². The van der Waals surface area contributed by atoms with E-state index in [4.69, 9.17) is 4.74 Å². The van der Waals surface area contributed by atoms with Crippen LogP contribution in [0.1, 0.15) is 52.3 Å². The summed E-state index contributed by atoms with van der Waals surface area (Å²) in [5.41, 5.74) is 1.12. The molecule has 0 aliphatic rings. The Morgan fingerprint density at radius 2 is 2.03 bits per heavy atom. The molecule has 0 aliphatic heterocycles. The Hall–Kier alpha value is -3.29. The molecule has 0 fully saturated rings. The van der Waals surface area contributed by atoms with E-state index in [9.17, 15) is 4.79 Å². The van der Waals surface area contributed by atoms with Crippen LogP contribution in [0.5, 0.6) is 0 Å². The van der Waals surface area contributed by atoms with Crippen molar-refractivity contribution >= 4 is 34.7 Å². The van der Waals surface area contributed by atoms with Crippen molar-refractivity contribution < 1.29 is 9.53 Å². The lowest BCUT2D eigenvalue weighted by Gasteiger charge is -2.17. The van der Waals surface area contributed by atoms with Crippen molar-refractivity contribution in [3.05, 3.63) is 42.3 Å². The van der Waals surface area contributed by atoms with Crippen molar-refractivity contribution in [2.24, 2.45) is 5.41 Å². The van der Waals surface area contributed by atoms with E-state index in [0.717, 1.165) is 16.9 Å². The number of aromatic nitrogens is 5. The van der Waals surface area contributed by atoms with Crippen LogP contribution in [-0.4, -0.2) is 37.1 Å². The van der Waals surface area contributed by atoms with Crippen molar-refractivity contribution in [2.45, 2.75) is 47.6 Å². The van der Waals surface area contributed by atoms with E-state index in [1.807, 2.05) is 13.0 Å². The van der Waals surface area contributed by atoms with E-state index < -0.39 is 5.41 Å². The van der Waals surface area contributed by atoms with Gasteiger partial charge in [-0.15, -0.1) is 0 Å². The first-order valence-corrected chi connectivity index (χ1v) is 10.0. The fourth-order valence-corrected chi connectivity index (χ4v) is 3.16. The second kappa shape index (κ2) is 8.61. The fraction of sp³-hybridized carbons (Fsp3) is 0.409. The maximum Gasteiger partial charge on any atom is 0.315 e. The third kappa shape index (κ3) is 4.64. The minimum Gasteiger partial charge on any atom is -0.465 e. The predicted octanol–water partition coefficient (Wildman–Crippen LogP) is 4.46. The van der Waals surface area contributed by atoms with E-state index in [2.05, 4.69) is 43.7 Å². The van der Waals surface area contributed by atoms with Gasteiger partial charge in [0.25, 0.3) is 0 Å². The molecule has 3 heterocycles. The van der Waals surface area contributed by atoms with Crippen molar-refractivity contribution in [3.8, 4) is 0 Å². The molecule has 30 heavy (non-hydrogen) atoms. The molecule has 8 nitrogen and oxygen atoms in total. The first-order chi connectivity index (χ1) is 14.2. The summed E-state index contributed by atoms with van der Waals surface area (Å²) in [4.78, 5) is 29.8. The minimum atomic E-state index is -0.761. The van der Waals surface area contributed by atoms with Gasteiger partial charge in [-0.05, 0) is 53.7 Å². The number of carbonyl (C=O) groups excluding carboxylic acids is 1. The largest absolute Gasteiger partial charge is 0.465 e. The zero-order valence-corrected chi connectivity index (χ0v) is 18.3. The van der Waals surface area contributed by atoms with E-state index >= 15 is 0 Å². The first kappa shape index (κ1) is 21.4. The summed E-state index contributed by atoms with van der Waals surface area (Å²) in [6.07, 6.45) is 6.88. The topological polar surface area (TPSA) is 94.8 Å². The quantitative estimate of drug-likeness (QED) is 0.577. The number of ether oxygens (including phenoxy) is 1. The summed E-state index contributed by atoms with van der Waals surface area (Å²) in [7, 11) is 0. The average molecular weight is 409 g/mol. The Morgan fingerprint density at radius 3 is 2.73 bits per heavy atom. The smallest absolute Gasteiger partial charge is 0.315 e. The molecule has 0 aromatic carbocycles. The molecule has 0 atom stereocenters. The SMILES string of the molecule is CCOC(=O)C(C)(C)/C=C/c1nccc(Nc2cc3c(cn2)nc(C)n3C(C)C)n1. The number of anilines is 2. The number of fused-ring (bicyclic) bond motifs is 1. The number of carbonyl (C=O) groups is 1. The molecule has 8 heteroatoms. The summed E-state index contributed by atoms with van der Waals surface area (Å²) < 4.78 is 7.28.